The molecule has 0 aliphatic heterocycles. The highest BCUT2D eigenvalue weighted by Crippen LogP contribution is 2.22. The third-order valence-electron chi connectivity index (χ3n) is 2.36. The molecule has 1 aromatic carbocycles. The molecule has 0 spiro atoms. The molecule has 0 amide bonds. The number of ether oxygens (including phenoxy) is 1. The molecule has 0 aliphatic rings. The van der Waals surface area contributed by atoms with Crippen LogP contribution in [0.1, 0.15) is 5.69 Å². The van der Waals surface area contributed by atoms with E-state index in [1.54, 1.807) is 18.2 Å². The van der Waals surface area contributed by atoms with Crippen LogP contribution < -0.4 is 10.5 Å². The second-order valence-corrected chi connectivity index (χ2v) is 3.70. The standard InChI is InChI=1S/C12H10N4O4/c13-12(15-17)10-2-1-3-11(14-10)20-9-6-4-8(5-7-9)16(18)19/h1-7,17H,(H2,13,15). The predicted molar refractivity (Wildman–Crippen MR) is 69.9 cm³/mol. The SMILES string of the molecule is NC(=NO)c1cccc(Oc2ccc([N+](=O)[O-])cc2)n1. The van der Waals surface area contributed by atoms with Gasteiger partial charge in [0.25, 0.3) is 5.69 Å². The van der Waals surface area contributed by atoms with Crippen LogP contribution in [0, 0.1) is 10.1 Å². The number of nitrogens with two attached hydrogens (primary N) is 1. The van der Waals surface area contributed by atoms with Crippen molar-refractivity contribution < 1.29 is 14.9 Å². The average Bonchev–Trinajstić information content (AvgIpc) is 2.47. The van der Waals surface area contributed by atoms with Gasteiger partial charge in [-0.3, -0.25) is 10.1 Å². The lowest BCUT2D eigenvalue weighted by Gasteiger charge is -2.05. The van der Waals surface area contributed by atoms with Crippen LogP contribution in [0.15, 0.2) is 47.6 Å². The topological polar surface area (TPSA) is 124 Å². The van der Waals surface area contributed by atoms with E-state index in [9.17, 15) is 10.1 Å². The number of nitro groups is 1. The Morgan fingerprint density at radius 2 is 2.00 bits per heavy atom. The summed E-state index contributed by atoms with van der Waals surface area (Å²) in [5, 5.41) is 21.9. The molecule has 8 heteroatoms. The van der Waals surface area contributed by atoms with E-state index in [1.165, 1.54) is 24.3 Å². The summed E-state index contributed by atoms with van der Waals surface area (Å²) >= 11 is 0. The van der Waals surface area contributed by atoms with E-state index in [0.29, 0.717) is 5.75 Å². The fourth-order valence-corrected chi connectivity index (χ4v) is 1.42. The van der Waals surface area contributed by atoms with Crippen molar-refractivity contribution >= 4 is 11.5 Å². The zero-order valence-electron chi connectivity index (χ0n) is 10.1. The molecular formula is C12H10N4O4. The first-order valence-electron chi connectivity index (χ1n) is 5.47. The van der Waals surface area contributed by atoms with Crippen molar-refractivity contribution in [2.24, 2.45) is 10.9 Å². The Morgan fingerprint density at radius 1 is 1.30 bits per heavy atom. The maximum atomic E-state index is 10.5. The lowest BCUT2D eigenvalue weighted by atomic mass is 10.3. The first-order valence-corrected chi connectivity index (χ1v) is 5.47. The first-order chi connectivity index (χ1) is 9.60. The Kier molecular flexibility index (Phi) is 3.75. The molecule has 0 saturated heterocycles. The molecule has 0 saturated carbocycles. The number of oxime groups is 1. The Balaban J connectivity index is 2.19. The number of benzene rings is 1. The molecule has 0 atom stereocenters. The average molecular weight is 274 g/mol. The van der Waals surface area contributed by atoms with Crippen LogP contribution >= 0.6 is 0 Å². The maximum Gasteiger partial charge on any atom is 0.269 e. The zero-order chi connectivity index (χ0) is 14.5. The molecule has 3 N–H and O–H groups in total. The third kappa shape index (κ3) is 2.99. The molecule has 1 aromatic heterocycles. The van der Waals surface area contributed by atoms with Crippen molar-refractivity contribution in [3.8, 4) is 11.6 Å². The lowest BCUT2D eigenvalue weighted by molar-refractivity contribution is -0.384. The number of nitro benzene ring substituents is 1. The smallest absolute Gasteiger partial charge is 0.269 e. The van der Waals surface area contributed by atoms with Gasteiger partial charge >= 0.3 is 0 Å². The number of amidine groups is 1. The van der Waals surface area contributed by atoms with Gasteiger partial charge in [-0.2, -0.15) is 0 Å². The van der Waals surface area contributed by atoms with Crippen molar-refractivity contribution in [2.45, 2.75) is 0 Å². The van der Waals surface area contributed by atoms with Gasteiger partial charge in [-0.25, -0.2) is 4.98 Å². The highest BCUT2D eigenvalue weighted by Gasteiger charge is 2.07. The Morgan fingerprint density at radius 3 is 2.60 bits per heavy atom. The highest BCUT2D eigenvalue weighted by molar-refractivity contribution is 5.95. The minimum Gasteiger partial charge on any atom is -0.439 e. The number of nitrogens with zero attached hydrogens (tertiary/aromatic N) is 3. The van der Waals surface area contributed by atoms with Gasteiger partial charge in [0.15, 0.2) is 5.84 Å². The molecule has 0 unspecified atom stereocenters. The quantitative estimate of drug-likeness (QED) is 0.288. The van der Waals surface area contributed by atoms with E-state index in [-0.39, 0.29) is 23.1 Å². The van der Waals surface area contributed by atoms with Gasteiger partial charge in [-0.1, -0.05) is 11.2 Å². The minimum absolute atomic E-state index is 0.0317. The lowest BCUT2D eigenvalue weighted by Crippen LogP contribution is -2.14. The van der Waals surface area contributed by atoms with Crippen molar-refractivity contribution in [2.75, 3.05) is 0 Å². The number of hydrogen-bond acceptors (Lipinski definition) is 6. The zero-order valence-corrected chi connectivity index (χ0v) is 10.1. The van der Waals surface area contributed by atoms with Crippen LogP contribution in [-0.2, 0) is 0 Å². The largest absolute Gasteiger partial charge is 0.439 e. The van der Waals surface area contributed by atoms with Gasteiger partial charge < -0.3 is 15.7 Å². The molecule has 2 aromatic rings. The van der Waals surface area contributed by atoms with E-state index in [0.717, 1.165) is 0 Å². The van der Waals surface area contributed by atoms with E-state index in [4.69, 9.17) is 15.7 Å². The van der Waals surface area contributed by atoms with E-state index >= 15 is 0 Å². The number of rotatable bonds is 4. The number of non-ortho nitro benzene ring substituents is 1. The fraction of sp³-hybridized carbons (Fsp3) is 0. The van der Waals surface area contributed by atoms with Gasteiger partial charge in [0.05, 0.1) is 4.92 Å². The Hall–Kier alpha value is -3.16. The minimum atomic E-state index is -0.499. The number of aromatic nitrogens is 1. The van der Waals surface area contributed by atoms with E-state index in [2.05, 4.69) is 10.1 Å². The fourth-order valence-electron chi connectivity index (χ4n) is 1.42. The van der Waals surface area contributed by atoms with Crippen LogP contribution in [0.5, 0.6) is 11.6 Å². The van der Waals surface area contributed by atoms with Gasteiger partial charge in [-0.15, -0.1) is 0 Å². The van der Waals surface area contributed by atoms with Crippen molar-refractivity contribution in [1.82, 2.24) is 4.98 Å². The van der Waals surface area contributed by atoms with Gasteiger partial charge in [0.1, 0.15) is 11.4 Å². The molecule has 0 fully saturated rings. The van der Waals surface area contributed by atoms with Gasteiger partial charge in [-0.05, 0) is 18.2 Å². The van der Waals surface area contributed by atoms with Crippen LogP contribution in [0.3, 0.4) is 0 Å². The second kappa shape index (κ2) is 5.65. The summed E-state index contributed by atoms with van der Waals surface area (Å²) in [6, 6.07) is 10.3. The monoisotopic (exact) mass is 274 g/mol. The van der Waals surface area contributed by atoms with Crippen LogP contribution in [-0.4, -0.2) is 21.0 Å². The van der Waals surface area contributed by atoms with E-state index in [1.807, 2.05) is 0 Å². The second-order valence-electron chi connectivity index (χ2n) is 3.70. The summed E-state index contributed by atoms with van der Waals surface area (Å²) in [4.78, 5) is 14.1. The maximum absolute atomic E-state index is 10.5. The number of hydrogen-bond donors (Lipinski definition) is 2. The highest BCUT2D eigenvalue weighted by atomic mass is 16.6. The summed E-state index contributed by atoms with van der Waals surface area (Å²) in [5.74, 6) is 0.474. The molecule has 2 rings (SSSR count). The first kappa shape index (κ1) is 13.3. The van der Waals surface area contributed by atoms with Crippen molar-refractivity contribution in [3.63, 3.8) is 0 Å². The summed E-state index contributed by atoms with van der Waals surface area (Å²) in [7, 11) is 0. The van der Waals surface area contributed by atoms with Crippen LogP contribution in [0.4, 0.5) is 5.69 Å². The van der Waals surface area contributed by atoms with E-state index < -0.39 is 4.92 Å². The molecule has 102 valence electrons. The summed E-state index contributed by atoms with van der Waals surface area (Å²) in [5.41, 5.74) is 5.64. The Bertz CT molecular complexity index is 655. The Labute approximate surface area is 113 Å². The van der Waals surface area contributed by atoms with Gasteiger partial charge in [0, 0.05) is 18.2 Å². The summed E-state index contributed by atoms with van der Waals surface area (Å²) in [6.45, 7) is 0. The summed E-state index contributed by atoms with van der Waals surface area (Å²) < 4.78 is 5.42. The predicted octanol–water partition coefficient (Wildman–Crippen LogP) is 1.88. The number of pyridine rings is 1. The van der Waals surface area contributed by atoms with Crippen molar-refractivity contribution in [3.05, 3.63) is 58.3 Å². The molecular weight excluding hydrogens is 264 g/mol. The molecule has 8 nitrogen and oxygen atoms in total. The summed E-state index contributed by atoms with van der Waals surface area (Å²) in [6.07, 6.45) is 0. The molecule has 0 radical (unpaired) electrons. The molecule has 0 bridgehead atoms. The van der Waals surface area contributed by atoms with Crippen molar-refractivity contribution in [1.29, 1.82) is 0 Å². The van der Waals surface area contributed by atoms with Gasteiger partial charge in [0.2, 0.25) is 5.88 Å². The normalized spacial score (nSPS) is 11.1. The molecule has 20 heavy (non-hydrogen) atoms. The third-order valence-corrected chi connectivity index (χ3v) is 2.36. The molecule has 0 aliphatic carbocycles. The van der Waals surface area contributed by atoms with Crippen LogP contribution in [0.25, 0.3) is 0 Å². The molecule has 1 heterocycles. The van der Waals surface area contributed by atoms with Crippen LogP contribution in [0.2, 0.25) is 0 Å².